The molecule has 30 heavy (non-hydrogen) atoms. The van der Waals surface area contributed by atoms with Crippen LogP contribution in [0.3, 0.4) is 0 Å². The number of aromatic nitrogens is 4. The van der Waals surface area contributed by atoms with Gasteiger partial charge in [-0.2, -0.15) is 0 Å². The Hall–Kier alpha value is -2.80. The number of nitrogens with zero attached hydrogens (tertiary/aromatic N) is 2. The van der Waals surface area contributed by atoms with E-state index in [1.165, 1.54) is 33.7 Å². The first kappa shape index (κ1) is 21.9. The first-order valence-electron chi connectivity index (χ1n) is 9.57. The van der Waals surface area contributed by atoms with E-state index in [2.05, 4.69) is 9.97 Å². The van der Waals surface area contributed by atoms with Gasteiger partial charge in [0.15, 0.2) is 0 Å². The molecule has 0 bridgehead atoms. The number of hydrogen-bond acceptors (Lipinski definition) is 8. The van der Waals surface area contributed by atoms with E-state index in [1.54, 1.807) is 0 Å². The summed E-state index contributed by atoms with van der Waals surface area (Å²) in [7, 11) is 0. The summed E-state index contributed by atoms with van der Waals surface area (Å²) in [6.07, 6.45) is 4.38. The molecule has 4 N–H and O–H groups in total. The van der Waals surface area contributed by atoms with Crippen molar-refractivity contribution in [2.75, 3.05) is 13.2 Å². The molecule has 4 heterocycles. The van der Waals surface area contributed by atoms with E-state index in [4.69, 9.17) is 19.7 Å². The second-order valence-electron chi connectivity index (χ2n) is 6.98. The third kappa shape index (κ3) is 5.21. The molecule has 2 aromatic rings. The van der Waals surface area contributed by atoms with Crippen molar-refractivity contribution in [1.82, 2.24) is 19.1 Å². The average Bonchev–Trinajstić information content (AvgIpc) is 3.38. The molecule has 0 saturated carbocycles. The highest BCUT2D eigenvalue weighted by Gasteiger charge is 2.27. The topological polar surface area (TPSA) is 169 Å². The molecule has 2 aliphatic rings. The molecule has 4 atom stereocenters. The summed E-state index contributed by atoms with van der Waals surface area (Å²) in [5.74, 6) is 0. The van der Waals surface area contributed by atoms with E-state index >= 15 is 0 Å². The van der Waals surface area contributed by atoms with Crippen LogP contribution in [-0.2, 0) is 9.47 Å². The minimum absolute atomic E-state index is 0.0470. The van der Waals surface area contributed by atoms with Gasteiger partial charge in [0, 0.05) is 24.5 Å². The summed E-state index contributed by atoms with van der Waals surface area (Å²) in [6.45, 7) is -0.0940. The molecular weight excluding hydrogens is 400 g/mol. The molecule has 12 heteroatoms. The van der Waals surface area contributed by atoms with E-state index in [0.717, 1.165) is 0 Å². The van der Waals surface area contributed by atoms with Crippen molar-refractivity contribution in [1.29, 1.82) is 0 Å². The van der Waals surface area contributed by atoms with Gasteiger partial charge in [-0.3, -0.25) is 28.7 Å². The number of H-pyrrole nitrogens is 2. The van der Waals surface area contributed by atoms with Crippen LogP contribution >= 0.6 is 0 Å². The lowest BCUT2D eigenvalue weighted by atomic mass is 10.2. The first-order chi connectivity index (χ1) is 14.4. The van der Waals surface area contributed by atoms with Crippen molar-refractivity contribution in [2.24, 2.45) is 0 Å². The number of aromatic amines is 2. The van der Waals surface area contributed by atoms with Crippen LogP contribution in [0.25, 0.3) is 0 Å². The summed E-state index contributed by atoms with van der Waals surface area (Å²) in [5, 5.41) is 17.7. The second-order valence-corrected chi connectivity index (χ2v) is 6.98. The summed E-state index contributed by atoms with van der Waals surface area (Å²) < 4.78 is 13.5. The third-order valence-electron chi connectivity index (χ3n) is 4.90. The van der Waals surface area contributed by atoms with Gasteiger partial charge < -0.3 is 19.7 Å². The Balaban J connectivity index is 0.000000171. The van der Waals surface area contributed by atoms with Gasteiger partial charge in [-0.1, -0.05) is 0 Å². The fraction of sp³-hybridized carbons (Fsp3) is 0.556. The van der Waals surface area contributed by atoms with Gasteiger partial charge >= 0.3 is 11.4 Å². The predicted molar refractivity (Wildman–Crippen MR) is 103 cm³/mol. The molecule has 0 unspecified atom stereocenters. The van der Waals surface area contributed by atoms with E-state index in [0.29, 0.717) is 25.7 Å². The van der Waals surface area contributed by atoms with Crippen LogP contribution in [0.15, 0.2) is 43.7 Å². The summed E-state index contributed by atoms with van der Waals surface area (Å²) >= 11 is 0. The summed E-state index contributed by atoms with van der Waals surface area (Å²) in [5.41, 5.74) is -1.81. The van der Waals surface area contributed by atoms with Gasteiger partial charge in [-0.05, 0) is 25.7 Å². The molecule has 0 radical (unpaired) electrons. The third-order valence-corrected chi connectivity index (χ3v) is 4.90. The SMILES string of the molecule is O=c1ccn([C@H]2CC[C@@H](CO)O2)c(=O)[nH]1.O=c1ccn([C@H]2CC[C@@H](CO)O2)c(=O)[nH]1. The van der Waals surface area contributed by atoms with Crippen molar-refractivity contribution < 1.29 is 19.7 Å². The highest BCUT2D eigenvalue weighted by atomic mass is 16.5. The maximum absolute atomic E-state index is 11.4. The van der Waals surface area contributed by atoms with E-state index in [9.17, 15) is 19.2 Å². The summed E-state index contributed by atoms with van der Waals surface area (Å²) in [4.78, 5) is 48.7. The summed E-state index contributed by atoms with van der Waals surface area (Å²) in [6, 6.07) is 2.55. The standard InChI is InChI=1S/2C9H12N2O4/c2*12-5-6-1-2-8(15-6)11-4-3-7(13)10-9(11)14/h2*3-4,6,8,12H,1-2,5H2,(H,10,13,14)/t2*6-,8+/m00/s1. The quantitative estimate of drug-likeness (QED) is 0.455. The molecule has 164 valence electrons. The Labute approximate surface area is 169 Å². The fourth-order valence-electron chi connectivity index (χ4n) is 3.36. The van der Waals surface area contributed by atoms with Crippen molar-refractivity contribution in [3.05, 3.63) is 66.2 Å². The van der Waals surface area contributed by atoms with E-state index < -0.39 is 22.5 Å². The number of ether oxygens (including phenoxy) is 2. The van der Waals surface area contributed by atoms with Gasteiger partial charge in [0.2, 0.25) is 0 Å². The van der Waals surface area contributed by atoms with E-state index in [-0.39, 0.29) is 37.9 Å². The number of rotatable bonds is 4. The van der Waals surface area contributed by atoms with Crippen molar-refractivity contribution >= 4 is 0 Å². The largest absolute Gasteiger partial charge is 0.394 e. The normalized spacial score (nSPS) is 25.7. The molecule has 0 amide bonds. The first-order valence-corrected chi connectivity index (χ1v) is 9.57. The van der Waals surface area contributed by atoms with Gasteiger partial charge in [0.05, 0.1) is 25.4 Å². The van der Waals surface area contributed by atoms with E-state index in [1.807, 2.05) is 0 Å². The minimum atomic E-state index is -0.480. The van der Waals surface area contributed by atoms with Crippen LogP contribution in [0.1, 0.15) is 38.1 Å². The lowest BCUT2D eigenvalue weighted by molar-refractivity contribution is -0.0247. The Bertz CT molecular complexity index is 985. The fourth-order valence-corrected chi connectivity index (χ4v) is 3.36. The minimum Gasteiger partial charge on any atom is -0.394 e. The molecule has 12 nitrogen and oxygen atoms in total. The molecule has 2 fully saturated rings. The van der Waals surface area contributed by atoms with Crippen LogP contribution in [0.4, 0.5) is 0 Å². The maximum atomic E-state index is 11.4. The Morgan fingerprint density at radius 1 is 0.767 bits per heavy atom. The van der Waals surface area contributed by atoms with Gasteiger partial charge in [0.25, 0.3) is 11.1 Å². The molecule has 0 spiro atoms. The molecule has 2 aliphatic heterocycles. The van der Waals surface area contributed by atoms with Crippen LogP contribution in [-0.4, -0.2) is 54.7 Å². The Morgan fingerprint density at radius 2 is 1.17 bits per heavy atom. The molecule has 0 aliphatic carbocycles. The van der Waals surface area contributed by atoms with Crippen molar-refractivity contribution in [3.63, 3.8) is 0 Å². The van der Waals surface area contributed by atoms with Gasteiger partial charge in [-0.15, -0.1) is 0 Å². The lowest BCUT2D eigenvalue weighted by Gasteiger charge is -2.13. The van der Waals surface area contributed by atoms with Gasteiger partial charge in [0.1, 0.15) is 12.5 Å². The molecule has 4 rings (SSSR count). The molecular formula is C18H24N4O8. The smallest absolute Gasteiger partial charge is 0.330 e. The Morgan fingerprint density at radius 3 is 1.47 bits per heavy atom. The molecule has 2 aromatic heterocycles. The highest BCUT2D eigenvalue weighted by molar-refractivity contribution is 4.87. The zero-order chi connectivity index (χ0) is 21.7. The van der Waals surface area contributed by atoms with Crippen LogP contribution < -0.4 is 22.5 Å². The number of aliphatic hydroxyl groups excluding tert-OH is 2. The van der Waals surface area contributed by atoms with Gasteiger partial charge in [-0.25, -0.2) is 9.59 Å². The van der Waals surface area contributed by atoms with Crippen LogP contribution in [0.2, 0.25) is 0 Å². The number of hydrogen-bond donors (Lipinski definition) is 4. The number of aliphatic hydroxyl groups is 2. The molecule has 2 saturated heterocycles. The van der Waals surface area contributed by atoms with Crippen molar-refractivity contribution in [2.45, 2.75) is 50.3 Å². The van der Waals surface area contributed by atoms with Crippen molar-refractivity contribution in [3.8, 4) is 0 Å². The molecule has 0 aromatic carbocycles. The van der Waals surface area contributed by atoms with Crippen LogP contribution in [0.5, 0.6) is 0 Å². The zero-order valence-corrected chi connectivity index (χ0v) is 16.1. The Kier molecular flexibility index (Phi) is 7.15. The number of nitrogens with one attached hydrogen (secondary N) is 2. The second kappa shape index (κ2) is 9.80. The monoisotopic (exact) mass is 424 g/mol. The average molecular weight is 424 g/mol. The zero-order valence-electron chi connectivity index (χ0n) is 16.1. The lowest BCUT2D eigenvalue weighted by Crippen LogP contribution is -2.31. The maximum Gasteiger partial charge on any atom is 0.330 e. The van der Waals surface area contributed by atoms with Crippen LogP contribution in [0, 0.1) is 0 Å². The highest BCUT2D eigenvalue weighted by Crippen LogP contribution is 2.26. The predicted octanol–water partition coefficient (Wildman–Crippen LogP) is -1.59.